The van der Waals surface area contributed by atoms with E-state index in [0.29, 0.717) is 12.1 Å². The lowest BCUT2D eigenvalue weighted by Crippen LogP contribution is -2.53. The molecule has 1 unspecified atom stereocenters. The molecule has 1 saturated carbocycles. The van der Waals surface area contributed by atoms with Gasteiger partial charge in [-0.05, 0) is 68.7 Å². The van der Waals surface area contributed by atoms with Crippen molar-refractivity contribution in [3.8, 4) is 0 Å². The van der Waals surface area contributed by atoms with Gasteiger partial charge in [0.15, 0.2) is 0 Å². The average Bonchev–Trinajstić information content (AvgIpc) is 3.13. The maximum atomic E-state index is 6.26. The summed E-state index contributed by atoms with van der Waals surface area (Å²) in [6.07, 6.45) is 10.7. The molecular formula is C23H29N5. The number of hydrogen-bond donors (Lipinski definition) is 3. The molecule has 5 nitrogen and oxygen atoms in total. The number of rotatable bonds is 4. The van der Waals surface area contributed by atoms with E-state index in [1.165, 1.54) is 17.7 Å². The van der Waals surface area contributed by atoms with Gasteiger partial charge in [-0.15, -0.1) is 0 Å². The smallest absolute Gasteiger partial charge is 0.109 e. The van der Waals surface area contributed by atoms with Crippen molar-refractivity contribution >= 4 is 11.0 Å². The number of H-pyrrole nitrogens is 1. The van der Waals surface area contributed by atoms with Gasteiger partial charge in [0.25, 0.3) is 0 Å². The molecule has 2 aliphatic carbocycles. The summed E-state index contributed by atoms with van der Waals surface area (Å²) in [7, 11) is 0. The van der Waals surface area contributed by atoms with Crippen molar-refractivity contribution in [3.05, 3.63) is 59.7 Å². The van der Waals surface area contributed by atoms with Crippen molar-refractivity contribution in [3.63, 3.8) is 0 Å². The Morgan fingerprint density at radius 3 is 2.82 bits per heavy atom. The Balaban J connectivity index is 1.44. The first-order valence-electron chi connectivity index (χ1n) is 10.6. The lowest BCUT2D eigenvalue weighted by Gasteiger charge is -2.43. The maximum absolute atomic E-state index is 6.26. The van der Waals surface area contributed by atoms with Crippen LogP contribution in [0, 0.1) is 0 Å². The van der Waals surface area contributed by atoms with Crippen molar-refractivity contribution in [1.29, 1.82) is 0 Å². The van der Waals surface area contributed by atoms with Gasteiger partial charge in [0, 0.05) is 24.2 Å². The van der Waals surface area contributed by atoms with Gasteiger partial charge in [0.05, 0.1) is 22.8 Å². The van der Waals surface area contributed by atoms with Crippen LogP contribution < -0.4 is 11.1 Å². The number of pyridine rings is 1. The second kappa shape index (κ2) is 7.30. The van der Waals surface area contributed by atoms with Crippen LogP contribution in [0.4, 0.5) is 0 Å². The molecule has 0 saturated heterocycles. The summed E-state index contributed by atoms with van der Waals surface area (Å²) < 4.78 is 0. The zero-order chi connectivity index (χ0) is 19.0. The van der Waals surface area contributed by atoms with Gasteiger partial charge in [-0.1, -0.05) is 18.2 Å². The topological polar surface area (TPSA) is 79.6 Å². The van der Waals surface area contributed by atoms with Crippen LogP contribution >= 0.6 is 0 Å². The predicted octanol–water partition coefficient (Wildman–Crippen LogP) is 3.81. The summed E-state index contributed by atoms with van der Waals surface area (Å²) in [6, 6.07) is 13.2. The number of hydrogen-bond acceptors (Lipinski definition) is 4. The third kappa shape index (κ3) is 3.45. The van der Waals surface area contributed by atoms with Crippen molar-refractivity contribution in [1.82, 2.24) is 20.3 Å². The highest BCUT2D eigenvalue weighted by atomic mass is 15.1. The lowest BCUT2D eigenvalue weighted by molar-refractivity contribution is 0.181. The van der Waals surface area contributed by atoms with Crippen LogP contribution in [-0.2, 0) is 12.8 Å². The van der Waals surface area contributed by atoms with E-state index in [4.69, 9.17) is 15.7 Å². The Morgan fingerprint density at radius 2 is 1.96 bits per heavy atom. The van der Waals surface area contributed by atoms with Crippen LogP contribution in [0.2, 0.25) is 0 Å². The summed E-state index contributed by atoms with van der Waals surface area (Å²) in [4.78, 5) is 13.1. The highest BCUT2D eigenvalue weighted by molar-refractivity contribution is 5.74. The number of nitrogens with one attached hydrogen (secondary N) is 2. The molecule has 0 radical (unpaired) electrons. The van der Waals surface area contributed by atoms with Crippen LogP contribution in [0.15, 0.2) is 42.6 Å². The monoisotopic (exact) mass is 375 g/mol. The van der Waals surface area contributed by atoms with Crippen LogP contribution in [0.1, 0.15) is 61.6 Å². The lowest BCUT2D eigenvalue weighted by atomic mass is 9.76. The predicted molar refractivity (Wildman–Crippen MR) is 112 cm³/mol. The molecule has 0 aliphatic heterocycles. The van der Waals surface area contributed by atoms with Crippen LogP contribution in [0.25, 0.3) is 11.0 Å². The minimum atomic E-state index is 0.0283. The molecule has 28 heavy (non-hydrogen) atoms. The fourth-order valence-electron chi connectivity index (χ4n) is 5.09. The average molecular weight is 376 g/mol. The van der Waals surface area contributed by atoms with E-state index in [9.17, 15) is 0 Å². The fraction of sp³-hybridized carbons (Fsp3) is 0.478. The van der Waals surface area contributed by atoms with Crippen molar-refractivity contribution in [2.24, 2.45) is 5.73 Å². The Bertz CT molecular complexity index is 921. The third-order valence-electron chi connectivity index (χ3n) is 6.61. The molecule has 0 bridgehead atoms. The molecule has 1 fully saturated rings. The largest absolute Gasteiger partial charge is 0.342 e. The second-order valence-corrected chi connectivity index (χ2v) is 8.63. The molecule has 2 aromatic heterocycles. The van der Waals surface area contributed by atoms with Crippen molar-refractivity contribution < 1.29 is 0 Å². The molecule has 146 valence electrons. The second-order valence-electron chi connectivity index (χ2n) is 8.63. The van der Waals surface area contributed by atoms with Gasteiger partial charge in [0.2, 0.25) is 0 Å². The molecule has 1 aromatic carbocycles. The quantitative estimate of drug-likeness (QED) is 0.648. The van der Waals surface area contributed by atoms with Crippen LogP contribution in [0.3, 0.4) is 0 Å². The molecule has 0 amide bonds. The molecule has 4 N–H and O–H groups in total. The van der Waals surface area contributed by atoms with Gasteiger partial charge < -0.3 is 16.0 Å². The number of para-hydroxylation sites is 2. The van der Waals surface area contributed by atoms with Crippen LogP contribution in [-0.4, -0.2) is 26.5 Å². The van der Waals surface area contributed by atoms with Gasteiger partial charge in [0.1, 0.15) is 5.82 Å². The Morgan fingerprint density at radius 1 is 1.11 bits per heavy atom. The van der Waals surface area contributed by atoms with E-state index in [-0.39, 0.29) is 5.54 Å². The van der Waals surface area contributed by atoms with Gasteiger partial charge >= 0.3 is 0 Å². The molecule has 2 heterocycles. The van der Waals surface area contributed by atoms with Crippen molar-refractivity contribution in [2.75, 3.05) is 0 Å². The molecule has 5 rings (SSSR count). The summed E-state index contributed by atoms with van der Waals surface area (Å²) in [6.45, 7) is 0. The number of aromatic nitrogens is 3. The first kappa shape index (κ1) is 17.8. The molecule has 3 aromatic rings. The minimum absolute atomic E-state index is 0.0283. The zero-order valence-electron chi connectivity index (χ0n) is 16.3. The van der Waals surface area contributed by atoms with E-state index in [1.54, 1.807) is 0 Å². The molecule has 2 aliphatic rings. The minimum Gasteiger partial charge on any atom is -0.342 e. The fourth-order valence-corrected chi connectivity index (χ4v) is 5.09. The number of imidazole rings is 1. The first-order chi connectivity index (χ1) is 13.7. The standard InChI is InChI=1S/C23H29N5/c24-17-10-12-23(13-11-17,15-21-26-18-7-1-2-8-19(18)27-21)28-20-9-3-5-16-6-4-14-25-22(16)20/h1-2,4,6-8,14,17,20,28H,3,5,9-13,15,24H2,(H,26,27)/t17-,20?,23+. The molecule has 5 heteroatoms. The number of aryl methyl sites for hydroxylation is 1. The number of nitrogens with zero attached hydrogens (tertiary/aromatic N) is 2. The van der Waals surface area contributed by atoms with E-state index in [1.807, 2.05) is 12.3 Å². The first-order valence-corrected chi connectivity index (χ1v) is 10.6. The normalized spacial score (nSPS) is 27.6. The summed E-state index contributed by atoms with van der Waals surface area (Å²) in [5.74, 6) is 1.07. The summed E-state index contributed by atoms with van der Waals surface area (Å²) >= 11 is 0. The van der Waals surface area contributed by atoms with Gasteiger partial charge in [-0.2, -0.15) is 0 Å². The van der Waals surface area contributed by atoms with Crippen LogP contribution in [0.5, 0.6) is 0 Å². The number of fused-ring (bicyclic) bond motifs is 2. The van der Waals surface area contributed by atoms with Gasteiger partial charge in [-0.3, -0.25) is 4.98 Å². The maximum Gasteiger partial charge on any atom is 0.109 e. The molecule has 0 spiro atoms. The van der Waals surface area contributed by atoms with Gasteiger partial charge in [-0.25, -0.2) is 4.98 Å². The Kier molecular flexibility index (Phi) is 4.65. The number of aromatic amines is 1. The Labute approximate surface area is 166 Å². The van der Waals surface area contributed by atoms with Crippen molar-refractivity contribution in [2.45, 2.75) is 69.0 Å². The van der Waals surface area contributed by atoms with E-state index < -0.39 is 0 Å². The third-order valence-corrected chi connectivity index (χ3v) is 6.61. The number of benzene rings is 1. The summed E-state index contributed by atoms with van der Waals surface area (Å²) in [5, 5.41) is 4.06. The Hall–Kier alpha value is -2.24. The molecular weight excluding hydrogens is 346 g/mol. The summed E-state index contributed by atoms with van der Waals surface area (Å²) in [5.41, 5.74) is 11.1. The SMILES string of the molecule is N[C@H]1CC[C@@](Cc2nc3ccccc3[nH]2)(NC2CCCc3cccnc32)CC1. The highest BCUT2D eigenvalue weighted by Gasteiger charge is 2.38. The highest BCUT2D eigenvalue weighted by Crippen LogP contribution is 2.36. The van der Waals surface area contributed by atoms with E-state index in [2.05, 4.69) is 40.6 Å². The molecule has 1 atom stereocenters. The number of nitrogens with two attached hydrogens (primary N) is 1. The zero-order valence-corrected chi connectivity index (χ0v) is 16.3. The van der Waals surface area contributed by atoms with E-state index in [0.717, 1.165) is 61.8 Å². The van der Waals surface area contributed by atoms with E-state index >= 15 is 0 Å².